The lowest BCUT2D eigenvalue weighted by Gasteiger charge is -2.12. The summed E-state index contributed by atoms with van der Waals surface area (Å²) in [6.45, 7) is -2.01. The van der Waals surface area contributed by atoms with Crippen molar-refractivity contribution >= 4 is 11.6 Å². The van der Waals surface area contributed by atoms with Crippen LogP contribution >= 0.6 is 11.6 Å². The monoisotopic (exact) mass is 313 g/mol. The Kier molecular flexibility index (Phi) is 5.36. The Morgan fingerprint density at radius 1 is 1.10 bits per heavy atom. The van der Waals surface area contributed by atoms with Crippen molar-refractivity contribution in [3.63, 3.8) is 0 Å². The number of aromatic hydroxyl groups is 1. The molecule has 2 rings (SSSR count). The third-order valence-corrected chi connectivity index (χ3v) is 3.05. The van der Waals surface area contributed by atoms with E-state index in [0.29, 0.717) is 23.7 Å². The fraction of sp³-hybridized carbons (Fsp3) is 0.200. The van der Waals surface area contributed by atoms with Crippen LogP contribution in [0.15, 0.2) is 42.5 Å². The molecule has 0 saturated carbocycles. The molecule has 0 aliphatic carbocycles. The highest BCUT2D eigenvalue weighted by Gasteiger charge is 2.10. The normalized spacial score (nSPS) is 10.9. The van der Waals surface area contributed by atoms with E-state index in [1.54, 1.807) is 30.3 Å². The Bertz CT molecular complexity index is 591. The van der Waals surface area contributed by atoms with Crippen LogP contribution in [0.1, 0.15) is 11.1 Å². The van der Waals surface area contributed by atoms with Gasteiger partial charge in [-0.2, -0.15) is 8.78 Å². The van der Waals surface area contributed by atoms with Crippen LogP contribution in [0.3, 0.4) is 0 Å². The second-order valence-corrected chi connectivity index (χ2v) is 4.84. The Morgan fingerprint density at radius 2 is 1.81 bits per heavy atom. The predicted molar refractivity (Wildman–Crippen MR) is 76.7 cm³/mol. The smallest absolute Gasteiger partial charge is 0.387 e. The molecule has 0 aliphatic heterocycles. The van der Waals surface area contributed by atoms with E-state index in [1.165, 1.54) is 12.1 Å². The molecule has 0 aliphatic rings. The zero-order chi connectivity index (χ0) is 15.2. The van der Waals surface area contributed by atoms with E-state index in [2.05, 4.69) is 10.1 Å². The van der Waals surface area contributed by atoms with Gasteiger partial charge in [0, 0.05) is 23.7 Å². The number of ether oxygens (including phenoxy) is 1. The van der Waals surface area contributed by atoms with Gasteiger partial charge in [-0.05, 0) is 35.9 Å². The minimum Gasteiger partial charge on any atom is -0.508 e. The summed E-state index contributed by atoms with van der Waals surface area (Å²) in [6, 6.07) is 11.2. The lowest BCUT2D eigenvalue weighted by Crippen LogP contribution is -2.14. The van der Waals surface area contributed by atoms with E-state index in [0.717, 1.165) is 5.56 Å². The molecule has 6 heteroatoms. The number of hydrogen-bond donors (Lipinski definition) is 2. The average Bonchev–Trinajstić information content (AvgIpc) is 2.43. The first kappa shape index (κ1) is 15.5. The molecule has 0 heterocycles. The summed E-state index contributed by atoms with van der Waals surface area (Å²) < 4.78 is 29.1. The third kappa shape index (κ3) is 4.88. The van der Waals surface area contributed by atoms with E-state index >= 15 is 0 Å². The highest BCUT2D eigenvalue weighted by molar-refractivity contribution is 6.30. The number of halogens is 3. The maximum absolute atomic E-state index is 12.3. The Morgan fingerprint density at radius 3 is 2.48 bits per heavy atom. The minimum atomic E-state index is -2.87. The standard InChI is InChI=1S/C15H14ClF2NO2/c16-12-3-6-14(21-15(17)18)11(7-12)9-19-8-10-1-4-13(20)5-2-10/h1-7,15,19-20H,8-9H2. The van der Waals surface area contributed by atoms with E-state index in [1.807, 2.05) is 0 Å². The predicted octanol–water partition coefficient (Wildman–Crippen LogP) is 3.94. The third-order valence-electron chi connectivity index (χ3n) is 2.82. The molecule has 0 unspecified atom stereocenters. The zero-order valence-electron chi connectivity index (χ0n) is 11.0. The molecule has 2 N–H and O–H groups in total. The highest BCUT2D eigenvalue weighted by Crippen LogP contribution is 2.24. The number of rotatable bonds is 6. The fourth-order valence-corrected chi connectivity index (χ4v) is 2.05. The molecule has 0 saturated heterocycles. The first-order valence-electron chi connectivity index (χ1n) is 6.26. The van der Waals surface area contributed by atoms with Crippen molar-refractivity contribution in [1.82, 2.24) is 5.32 Å². The summed E-state index contributed by atoms with van der Waals surface area (Å²) in [7, 11) is 0. The molecule has 0 spiro atoms. The van der Waals surface area contributed by atoms with Gasteiger partial charge in [0.05, 0.1) is 0 Å². The maximum atomic E-state index is 12.3. The van der Waals surface area contributed by atoms with E-state index < -0.39 is 6.61 Å². The van der Waals surface area contributed by atoms with Crippen LogP contribution in [0.25, 0.3) is 0 Å². The van der Waals surface area contributed by atoms with Crippen LogP contribution in [0, 0.1) is 0 Å². The summed E-state index contributed by atoms with van der Waals surface area (Å²) in [5.41, 5.74) is 1.52. The average molecular weight is 314 g/mol. The number of hydrogen-bond acceptors (Lipinski definition) is 3. The highest BCUT2D eigenvalue weighted by atomic mass is 35.5. The van der Waals surface area contributed by atoms with Crippen molar-refractivity contribution in [1.29, 1.82) is 0 Å². The first-order chi connectivity index (χ1) is 10.0. The van der Waals surface area contributed by atoms with Gasteiger partial charge in [-0.3, -0.25) is 0 Å². The maximum Gasteiger partial charge on any atom is 0.387 e. The molecule has 21 heavy (non-hydrogen) atoms. The molecule has 0 amide bonds. The van der Waals surface area contributed by atoms with Gasteiger partial charge in [-0.1, -0.05) is 23.7 Å². The first-order valence-corrected chi connectivity index (χ1v) is 6.64. The molecular weight excluding hydrogens is 300 g/mol. The Labute approximate surface area is 126 Å². The SMILES string of the molecule is Oc1ccc(CNCc2cc(Cl)ccc2OC(F)F)cc1. The number of phenols is 1. The van der Waals surface area contributed by atoms with Crippen molar-refractivity contribution in [2.24, 2.45) is 0 Å². The number of phenolic OH excluding ortho intramolecular Hbond substituents is 1. The van der Waals surface area contributed by atoms with Gasteiger partial charge in [-0.25, -0.2) is 0 Å². The largest absolute Gasteiger partial charge is 0.508 e. The molecule has 0 bridgehead atoms. The van der Waals surface area contributed by atoms with Gasteiger partial charge in [0.15, 0.2) is 0 Å². The summed E-state index contributed by atoms with van der Waals surface area (Å²) in [5.74, 6) is 0.300. The summed E-state index contributed by atoms with van der Waals surface area (Å²) in [4.78, 5) is 0. The van der Waals surface area contributed by atoms with E-state index in [9.17, 15) is 13.9 Å². The lowest BCUT2D eigenvalue weighted by atomic mass is 10.2. The van der Waals surface area contributed by atoms with Gasteiger partial charge in [0.25, 0.3) is 0 Å². The molecule has 3 nitrogen and oxygen atoms in total. The molecule has 0 atom stereocenters. The minimum absolute atomic E-state index is 0.104. The molecule has 2 aromatic rings. The molecule has 0 radical (unpaired) electrons. The lowest BCUT2D eigenvalue weighted by molar-refractivity contribution is -0.0505. The van der Waals surface area contributed by atoms with Crippen LogP contribution in [0.4, 0.5) is 8.78 Å². The van der Waals surface area contributed by atoms with Crippen molar-refractivity contribution in [3.8, 4) is 11.5 Å². The van der Waals surface area contributed by atoms with E-state index in [4.69, 9.17) is 11.6 Å². The Balaban J connectivity index is 1.98. The molecule has 0 aromatic heterocycles. The molecular formula is C15H14ClF2NO2. The van der Waals surface area contributed by atoms with Gasteiger partial charge >= 0.3 is 6.61 Å². The molecule has 112 valence electrons. The van der Waals surface area contributed by atoms with Gasteiger partial charge in [0.2, 0.25) is 0 Å². The van der Waals surface area contributed by atoms with Crippen molar-refractivity contribution in [3.05, 3.63) is 58.6 Å². The molecule has 0 fully saturated rings. The van der Waals surface area contributed by atoms with Crippen molar-refractivity contribution in [2.45, 2.75) is 19.7 Å². The van der Waals surface area contributed by atoms with E-state index in [-0.39, 0.29) is 11.5 Å². The van der Waals surface area contributed by atoms with Crippen molar-refractivity contribution < 1.29 is 18.6 Å². The van der Waals surface area contributed by atoms with Crippen LogP contribution in [-0.4, -0.2) is 11.7 Å². The summed E-state index contributed by atoms with van der Waals surface area (Å²) >= 11 is 5.87. The second-order valence-electron chi connectivity index (χ2n) is 4.40. The van der Waals surface area contributed by atoms with Gasteiger partial charge < -0.3 is 15.2 Å². The number of nitrogens with one attached hydrogen (secondary N) is 1. The van der Waals surface area contributed by atoms with Crippen LogP contribution in [0.5, 0.6) is 11.5 Å². The van der Waals surface area contributed by atoms with Gasteiger partial charge in [0.1, 0.15) is 11.5 Å². The van der Waals surface area contributed by atoms with Crippen LogP contribution < -0.4 is 10.1 Å². The second kappa shape index (κ2) is 7.24. The Hall–Kier alpha value is -1.85. The fourth-order valence-electron chi connectivity index (χ4n) is 1.85. The summed E-state index contributed by atoms with van der Waals surface area (Å²) in [6.07, 6.45) is 0. The molecule has 2 aromatic carbocycles. The number of benzene rings is 2. The topological polar surface area (TPSA) is 41.5 Å². The number of alkyl halides is 2. The zero-order valence-corrected chi connectivity index (χ0v) is 11.8. The quantitative estimate of drug-likeness (QED) is 0.849. The van der Waals surface area contributed by atoms with Gasteiger partial charge in [-0.15, -0.1) is 0 Å². The van der Waals surface area contributed by atoms with Crippen LogP contribution in [-0.2, 0) is 13.1 Å². The van der Waals surface area contributed by atoms with Crippen LogP contribution in [0.2, 0.25) is 5.02 Å². The van der Waals surface area contributed by atoms with Crippen molar-refractivity contribution in [2.75, 3.05) is 0 Å². The summed E-state index contributed by atoms with van der Waals surface area (Å²) in [5, 5.41) is 12.8.